The van der Waals surface area contributed by atoms with Gasteiger partial charge in [0, 0.05) is 39.7 Å². The third-order valence-corrected chi connectivity index (χ3v) is 5.15. The summed E-state index contributed by atoms with van der Waals surface area (Å²) < 4.78 is 17.4. The third kappa shape index (κ3) is 3.52. The third-order valence-electron chi connectivity index (χ3n) is 5.15. The van der Waals surface area contributed by atoms with E-state index >= 15 is 0 Å². The van der Waals surface area contributed by atoms with E-state index in [0.29, 0.717) is 11.4 Å². The Hall–Kier alpha value is -4.08. The van der Waals surface area contributed by atoms with Crippen molar-refractivity contribution >= 4 is 16.9 Å². The first-order valence-corrected chi connectivity index (χ1v) is 9.37. The maximum atomic E-state index is 13.4. The van der Waals surface area contributed by atoms with Gasteiger partial charge in [-0.15, -0.1) is 0 Å². The normalized spacial score (nSPS) is 12.1. The number of aromatic nitrogens is 5. The molecule has 1 atom stereocenters. The van der Waals surface area contributed by atoms with Gasteiger partial charge in [0.2, 0.25) is 0 Å². The highest BCUT2D eigenvalue weighted by Gasteiger charge is 2.22. The molecule has 0 spiro atoms. The number of hydrogen-bond acceptors (Lipinski definition) is 5. The van der Waals surface area contributed by atoms with Gasteiger partial charge >= 0.3 is 5.69 Å². The number of fused-ring (bicyclic) bond motifs is 1. The second-order valence-electron chi connectivity index (χ2n) is 7.16. The molecule has 4 aromatic rings. The summed E-state index contributed by atoms with van der Waals surface area (Å²) in [5.74, 6) is -0.344. The minimum atomic E-state index is -0.660. The van der Waals surface area contributed by atoms with Crippen LogP contribution in [0.5, 0.6) is 0 Å². The van der Waals surface area contributed by atoms with Crippen molar-refractivity contribution in [1.29, 1.82) is 0 Å². The van der Waals surface area contributed by atoms with Gasteiger partial charge in [0.1, 0.15) is 23.3 Å². The molecule has 0 aliphatic carbocycles. The standard InChI is InChI=1S/C21H19FN6O3/c1-26-9-8-23-18(26)16(12-4-6-14(22)7-5-12)25-19(29)13-10-15-17(24-11-13)27(2)21(31)28(3)20(15)30/h4-11,16H,1-3H3,(H,25,29). The number of rotatable bonds is 4. The number of benzene rings is 1. The predicted molar refractivity (Wildman–Crippen MR) is 111 cm³/mol. The zero-order chi connectivity index (χ0) is 22.3. The van der Waals surface area contributed by atoms with Crippen molar-refractivity contribution in [1.82, 2.24) is 29.0 Å². The molecular formula is C21H19FN6O3. The van der Waals surface area contributed by atoms with Crippen molar-refractivity contribution < 1.29 is 9.18 Å². The smallest absolute Gasteiger partial charge is 0.332 e. The van der Waals surface area contributed by atoms with Gasteiger partial charge in [-0.3, -0.25) is 18.7 Å². The molecule has 0 bridgehead atoms. The SMILES string of the molecule is Cn1ccnc1C(NC(=O)c1cnc2c(c1)c(=O)n(C)c(=O)n2C)c1ccc(F)cc1. The largest absolute Gasteiger partial charge is 0.338 e. The lowest BCUT2D eigenvalue weighted by Crippen LogP contribution is -2.37. The highest BCUT2D eigenvalue weighted by Crippen LogP contribution is 2.21. The minimum Gasteiger partial charge on any atom is -0.338 e. The fraction of sp³-hybridized carbons (Fsp3) is 0.190. The maximum absolute atomic E-state index is 13.4. The van der Waals surface area contributed by atoms with Crippen LogP contribution in [-0.2, 0) is 21.1 Å². The van der Waals surface area contributed by atoms with Crippen LogP contribution >= 0.6 is 0 Å². The minimum absolute atomic E-state index is 0.143. The van der Waals surface area contributed by atoms with E-state index in [4.69, 9.17) is 0 Å². The second kappa shape index (κ2) is 7.63. The van der Waals surface area contributed by atoms with E-state index in [0.717, 1.165) is 4.57 Å². The van der Waals surface area contributed by atoms with Gasteiger partial charge in [0.05, 0.1) is 10.9 Å². The molecule has 1 N–H and O–H groups in total. The first-order chi connectivity index (χ1) is 14.8. The van der Waals surface area contributed by atoms with Crippen LogP contribution < -0.4 is 16.6 Å². The lowest BCUT2D eigenvalue weighted by molar-refractivity contribution is 0.0941. The van der Waals surface area contributed by atoms with Gasteiger partial charge in [-0.25, -0.2) is 19.2 Å². The maximum Gasteiger partial charge on any atom is 0.332 e. The lowest BCUT2D eigenvalue weighted by atomic mass is 10.1. The number of aryl methyl sites for hydroxylation is 2. The van der Waals surface area contributed by atoms with Crippen molar-refractivity contribution in [3.8, 4) is 0 Å². The van der Waals surface area contributed by atoms with E-state index in [2.05, 4.69) is 15.3 Å². The molecular weight excluding hydrogens is 403 g/mol. The molecule has 1 unspecified atom stereocenters. The Morgan fingerprint density at radius 1 is 1.06 bits per heavy atom. The Bertz CT molecular complexity index is 1420. The molecule has 0 saturated heterocycles. The van der Waals surface area contributed by atoms with Crippen molar-refractivity contribution in [2.24, 2.45) is 21.1 Å². The van der Waals surface area contributed by atoms with E-state index in [1.165, 1.54) is 43.1 Å². The molecule has 3 heterocycles. The van der Waals surface area contributed by atoms with Gasteiger partial charge in [-0.05, 0) is 23.8 Å². The summed E-state index contributed by atoms with van der Waals surface area (Å²) in [7, 11) is 4.65. The van der Waals surface area contributed by atoms with Crippen molar-refractivity contribution in [3.63, 3.8) is 0 Å². The molecule has 0 saturated carbocycles. The molecule has 31 heavy (non-hydrogen) atoms. The number of amides is 1. The predicted octanol–water partition coefficient (Wildman–Crippen LogP) is 1.02. The molecule has 0 aliphatic rings. The quantitative estimate of drug-likeness (QED) is 0.529. The van der Waals surface area contributed by atoms with E-state index < -0.39 is 29.0 Å². The lowest BCUT2D eigenvalue weighted by Gasteiger charge is -2.19. The van der Waals surface area contributed by atoms with Gasteiger partial charge in [-0.2, -0.15) is 0 Å². The molecule has 0 fully saturated rings. The number of nitrogens with zero attached hydrogens (tertiary/aromatic N) is 5. The summed E-state index contributed by atoms with van der Waals surface area (Å²) in [6, 6.07) is 6.49. The summed E-state index contributed by atoms with van der Waals surface area (Å²) in [5.41, 5.74) is -0.0858. The van der Waals surface area contributed by atoms with Crippen LogP contribution in [-0.4, -0.2) is 29.6 Å². The fourth-order valence-corrected chi connectivity index (χ4v) is 3.41. The summed E-state index contributed by atoms with van der Waals surface area (Å²) in [4.78, 5) is 46.1. The monoisotopic (exact) mass is 422 g/mol. The summed E-state index contributed by atoms with van der Waals surface area (Å²) >= 11 is 0. The van der Waals surface area contributed by atoms with E-state index in [9.17, 15) is 18.8 Å². The van der Waals surface area contributed by atoms with Gasteiger partial charge in [-0.1, -0.05) is 12.1 Å². The van der Waals surface area contributed by atoms with Crippen LogP contribution in [0, 0.1) is 5.82 Å². The second-order valence-corrected chi connectivity index (χ2v) is 7.16. The Morgan fingerprint density at radius 3 is 2.42 bits per heavy atom. The first kappa shape index (κ1) is 20.2. The van der Waals surface area contributed by atoms with Crippen LogP contribution in [0.2, 0.25) is 0 Å². The number of nitrogens with one attached hydrogen (secondary N) is 1. The molecule has 3 aromatic heterocycles. The summed E-state index contributed by atoms with van der Waals surface area (Å²) in [5, 5.41) is 3.02. The van der Waals surface area contributed by atoms with Crippen LogP contribution in [0.25, 0.3) is 11.0 Å². The number of halogens is 1. The summed E-state index contributed by atoms with van der Waals surface area (Å²) in [6.07, 6.45) is 4.64. The molecule has 9 nitrogen and oxygen atoms in total. The Morgan fingerprint density at radius 2 is 1.77 bits per heavy atom. The van der Waals surface area contributed by atoms with Crippen molar-refractivity contribution in [3.05, 3.63) is 92.5 Å². The zero-order valence-corrected chi connectivity index (χ0v) is 17.0. The topological polar surface area (TPSA) is 104 Å². The molecule has 4 rings (SSSR count). The number of carbonyl (C=O) groups excluding carboxylic acids is 1. The van der Waals surface area contributed by atoms with Crippen molar-refractivity contribution in [2.45, 2.75) is 6.04 Å². The van der Waals surface area contributed by atoms with Gasteiger partial charge in [0.15, 0.2) is 0 Å². The number of hydrogen-bond donors (Lipinski definition) is 1. The van der Waals surface area contributed by atoms with E-state index in [1.807, 2.05) is 0 Å². The average Bonchev–Trinajstić information content (AvgIpc) is 3.20. The Balaban J connectivity index is 1.76. The first-order valence-electron chi connectivity index (χ1n) is 9.37. The van der Waals surface area contributed by atoms with Crippen LogP contribution in [0.3, 0.4) is 0 Å². The van der Waals surface area contributed by atoms with Crippen LogP contribution in [0.15, 0.2) is 58.5 Å². The Kier molecular flexibility index (Phi) is 4.97. The Labute approximate surface area is 175 Å². The average molecular weight is 422 g/mol. The van der Waals surface area contributed by atoms with Gasteiger partial charge in [0.25, 0.3) is 11.5 Å². The van der Waals surface area contributed by atoms with E-state index in [1.54, 1.807) is 36.1 Å². The number of pyridine rings is 1. The highest BCUT2D eigenvalue weighted by atomic mass is 19.1. The van der Waals surface area contributed by atoms with Crippen LogP contribution in [0.1, 0.15) is 27.8 Å². The van der Waals surface area contributed by atoms with E-state index in [-0.39, 0.29) is 16.6 Å². The zero-order valence-electron chi connectivity index (χ0n) is 17.0. The van der Waals surface area contributed by atoms with Crippen LogP contribution in [0.4, 0.5) is 4.39 Å². The fourth-order valence-electron chi connectivity index (χ4n) is 3.41. The van der Waals surface area contributed by atoms with Gasteiger partial charge < -0.3 is 9.88 Å². The molecule has 0 aliphatic heterocycles. The summed E-state index contributed by atoms with van der Waals surface area (Å²) in [6.45, 7) is 0. The molecule has 1 amide bonds. The number of imidazole rings is 1. The van der Waals surface area contributed by atoms with Crippen molar-refractivity contribution in [2.75, 3.05) is 0 Å². The molecule has 1 aromatic carbocycles. The highest BCUT2D eigenvalue weighted by molar-refractivity contribution is 5.97. The molecule has 10 heteroatoms. The molecule has 158 valence electrons. The number of carbonyl (C=O) groups is 1. The molecule has 0 radical (unpaired) electrons.